The molecule has 0 spiro atoms. The van der Waals surface area contributed by atoms with E-state index in [1.165, 1.54) is 48.5 Å². The molecule has 0 aromatic heterocycles. The summed E-state index contributed by atoms with van der Waals surface area (Å²) in [6.07, 6.45) is 0. The van der Waals surface area contributed by atoms with Gasteiger partial charge in [0.15, 0.2) is 5.76 Å². The number of hydrogen-bond donors (Lipinski definition) is 0. The van der Waals surface area contributed by atoms with Gasteiger partial charge < -0.3 is 4.74 Å². The third-order valence-corrected chi connectivity index (χ3v) is 6.70. The molecule has 0 amide bonds. The molecule has 0 aliphatic carbocycles. The molecule has 0 bridgehead atoms. The third kappa shape index (κ3) is 6.49. The Morgan fingerprint density at radius 3 is 1.78 bits per heavy atom. The Morgan fingerprint density at radius 1 is 0.634 bits per heavy atom. The lowest BCUT2D eigenvalue weighted by Crippen LogP contribution is -2.12. The molecule has 0 saturated carbocycles. The first-order valence-electron chi connectivity index (χ1n) is 11.6. The predicted molar refractivity (Wildman–Crippen MR) is 148 cm³/mol. The summed E-state index contributed by atoms with van der Waals surface area (Å²) >= 11 is 0.692. The summed E-state index contributed by atoms with van der Waals surface area (Å²) in [6.45, 7) is 0. The van der Waals surface area contributed by atoms with E-state index in [9.17, 15) is 39.9 Å². The second-order valence-corrected chi connectivity index (χ2v) is 9.20. The van der Waals surface area contributed by atoms with E-state index in [0.29, 0.717) is 17.8 Å². The van der Waals surface area contributed by atoms with Crippen molar-refractivity contribution < 1.29 is 29.1 Å². The number of carbonyl (C=O) groups is 2. The summed E-state index contributed by atoms with van der Waals surface area (Å²) < 4.78 is 5.65. The first-order chi connectivity index (χ1) is 19.7. The standard InChI is InChI=1S/C28H17N3O9S/c32-25(18-9-3-1-4-10-18)27(41-24-14-8-7-13-22(24)30(36)37)26(19-11-5-2-6-12-19)40-28(33)21-16-15-20(29(34)35)17-23(21)31(38)39/h1-17H/b27-26-. The van der Waals surface area contributed by atoms with E-state index in [-0.39, 0.29) is 32.4 Å². The Hall–Kier alpha value is -5.69. The van der Waals surface area contributed by atoms with Crippen LogP contribution in [0.15, 0.2) is 113 Å². The summed E-state index contributed by atoms with van der Waals surface area (Å²) in [7, 11) is 0. The molecule has 4 aromatic rings. The molecule has 12 nitrogen and oxygen atoms in total. The molecule has 0 atom stereocenters. The van der Waals surface area contributed by atoms with Crippen molar-refractivity contribution in [1.82, 2.24) is 0 Å². The van der Waals surface area contributed by atoms with Gasteiger partial charge in [0.2, 0.25) is 5.78 Å². The smallest absolute Gasteiger partial charge is 0.350 e. The van der Waals surface area contributed by atoms with Gasteiger partial charge >= 0.3 is 5.97 Å². The van der Waals surface area contributed by atoms with E-state index in [0.717, 1.165) is 12.1 Å². The molecule has 0 aliphatic heterocycles. The Labute approximate surface area is 235 Å². The Morgan fingerprint density at radius 2 is 1.20 bits per heavy atom. The largest absolute Gasteiger partial charge is 0.421 e. The van der Waals surface area contributed by atoms with E-state index in [1.54, 1.807) is 36.4 Å². The van der Waals surface area contributed by atoms with Gasteiger partial charge in [-0.15, -0.1) is 0 Å². The van der Waals surface area contributed by atoms with Gasteiger partial charge in [0, 0.05) is 23.3 Å². The molecule has 4 rings (SSSR count). The Balaban J connectivity index is 1.93. The minimum Gasteiger partial charge on any atom is -0.421 e. The number of nitro groups is 3. The summed E-state index contributed by atoms with van der Waals surface area (Å²) in [6, 6.07) is 23.9. The van der Waals surface area contributed by atoms with Crippen molar-refractivity contribution in [2.45, 2.75) is 4.90 Å². The number of Topliss-reactive ketones (excluding diaryl/α,β-unsaturated/α-hetero) is 1. The van der Waals surface area contributed by atoms with Crippen LogP contribution in [-0.2, 0) is 4.74 Å². The lowest BCUT2D eigenvalue weighted by Gasteiger charge is -2.15. The molecule has 0 fully saturated rings. The first kappa shape index (κ1) is 28.3. The number of hydrogen-bond acceptors (Lipinski definition) is 10. The van der Waals surface area contributed by atoms with Crippen molar-refractivity contribution in [2.24, 2.45) is 0 Å². The number of nitro benzene ring substituents is 3. The van der Waals surface area contributed by atoms with Crippen molar-refractivity contribution in [3.8, 4) is 0 Å². The van der Waals surface area contributed by atoms with E-state index < -0.39 is 43.5 Å². The van der Waals surface area contributed by atoms with E-state index >= 15 is 0 Å². The fourth-order valence-corrected chi connectivity index (χ4v) is 4.73. The molecule has 0 unspecified atom stereocenters. The third-order valence-electron chi connectivity index (χ3n) is 5.56. The summed E-state index contributed by atoms with van der Waals surface area (Å²) in [5, 5.41) is 34.5. The summed E-state index contributed by atoms with van der Waals surface area (Å²) in [5.41, 5.74) is -2.00. The zero-order valence-corrected chi connectivity index (χ0v) is 21.6. The molecular weight excluding hydrogens is 554 g/mol. The Bertz CT molecular complexity index is 1710. The zero-order chi connectivity index (χ0) is 29.5. The van der Waals surface area contributed by atoms with Crippen molar-refractivity contribution in [3.05, 3.63) is 155 Å². The SMILES string of the molecule is O=C(/C(Sc1ccccc1[N+](=O)[O-])=C(/OC(=O)c1ccc([N+](=O)[O-])cc1[N+](=O)[O-])c1ccccc1)c1ccccc1. The maximum Gasteiger partial charge on any atom is 0.350 e. The minimum atomic E-state index is -1.27. The quantitative estimate of drug-likeness (QED) is 0.0383. The Kier molecular flexibility index (Phi) is 8.60. The number of ether oxygens (including phenoxy) is 1. The monoisotopic (exact) mass is 571 g/mol. The van der Waals surface area contributed by atoms with Crippen LogP contribution in [0.3, 0.4) is 0 Å². The van der Waals surface area contributed by atoms with Gasteiger partial charge in [-0.25, -0.2) is 4.79 Å². The number of carbonyl (C=O) groups excluding carboxylic acids is 2. The summed E-state index contributed by atoms with van der Waals surface area (Å²) in [4.78, 5) is 59.1. The van der Waals surface area contributed by atoms with Crippen molar-refractivity contribution in [1.29, 1.82) is 0 Å². The number of rotatable bonds is 10. The van der Waals surface area contributed by atoms with Gasteiger partial charge in [-0.2, -0.15) is 0 Å². The fraction of sp³-hybridized carbons (Fsp3) is 0. The van der Waals surface area contributed by atoms with Crippen LogP contribution in [0.1, 0.15) is 26.3 Å². The fourth-order valence-electron chi connectivity index (χ4n) is 3.65. The molecule has 0 radical (unpaired) electrons. The minimum absolute atomic E-state index is 0.0718. The highest BCUT2D eigenvalue weighted by atomic mass is 32.2. The average Bonchev–Trinajstić information content (AvgIpc) is 2.99. The van der Waals surface area contributed by atoms with E-state index in [1.807, 2.05) is 0 Å². The zero-order valence-electron chi connectivity index (χ0n) is 20.7. The topological polar surface area (TPSA) is 173 Å². The van der Waals surface area contributed by atoms with Gasteiger partial charge in [-0.3, -0.25) is 35.1 Å². The first-order valence-corrected chi connectivity index (χ1v) is 12.4. The van der Waals surface area contributed by atoms with Crippen molar-refractivity contribution >= 4 is 46.3 Å². The highest BCUT2D eigenvalue weighted by Crippen LogP contribution is 2.40. The average molecular weight is 572 g/mol. The lowest BCUT2D eigenvalue weighted by atomic mass is 10.1. The number of thioether (sulfide) groups is 1. The van der Waals surface area contributed by atoms with Crippen molar-refractivity contribution in [2.75, 3.05) is 0 Å². The highest BCUT2D eigenvalue weighted by molar-refractivity contribution is 8.04. The maximum absolute atomic E-state index is 13.8. The second kappa shape index (κ2) is 12.4. The van der Waals surface area contributed by atoms with E-state index in [4.69, 9.17) is 4.74 Å². The van der Waals surface area contributed by atoms with Gasteiger partial charge in [0.05, 0.1) is 25.7 Å². The number of ketones is 1. The van der Waals surface area contributed by atoms with Crippen LogP contribution in [0.4, 0.5) is 17.1 Å². The van der Waals surface area contributed by atoms with Crippen LogP contribution >= 0.6 is 11.8 Å². The number of nitrogens with zero attached hydrogens (tertiary/aromatic N) is 3. The van der Waals surface area contributed by atoms with Gasteiger partial charge in [0.1, 0.15) is 10.5 Å². The lowest BCUT2D eigenvalue weighted by molar-refractivity contribution is -0.394. The van der Waals surface area contributed by atoms with Gasteiger partial charge in [0.25, 0.3) is 17.1 Å². The summed E-state index contributed by atoms with van der Waals surface area (Å²) in [5.74, 6) is -2.23. The molecule has 204 valence electrons. The molecule has 0 aliphatic rings. The number of benzene rings is 4. The van der Waals surface area contributed by atoms with Crippen LogP contribution in [0, 0.1) is 30.3 Å². The molecule has 4 aromatic carbocycles. The number of allylic oxidation sites excluding steroid dienone is 1. The number of non-ortho nitro benzene ring substituents is 1. The molecule has 41 heavy (non-hydrogen) atoms. The second-order valence-electron chi connectivity index (χ2n) is 8.15. The van der Waals surface area contributed by atoms with Crippen molar-refractivity contribution in [3.63, 3.8) is 0 Å². The molecule has 0 heterocycles. The number of esters is 1. The molecule has 13 heteroatoms. The predicted octanol–water partition coefficient (Wildman–Crippen LogP) is 6.61. The normalized spacial score (nSPS) is 11.2. The molecule has 0 N–H and O–H groups in total. The highest BCUT2D eigenvalue weighted by Gasteiger charge is 2.30. The van der Waals surface area contributed by atoms with Crippen LogP contribution in [-0.4, -0.2) is 26.5 Å². The maximum atomic E-state index is 13.8. The van der Waals surface area contributed by atoms with Crippen LogP contribution < -0.4 is 0 Å². The molecular formula is C28H17N3O9S. The van der Waals surface area contributed by atoms with Gasteiger partial charge in [-0.1, -0.05) is 84.6 Å². The van der Waals surface area contributed by atoms with Crippen LogP contribution in [0.25, 0.3) is 5.76 Å². The van der Waals surface area contributed by atoms with Gasteiger partial charge in [-0.05, 0) is 12.1 Å². The number of para-hydroxylation sites is 1. The van der Waals surface area contributed by atoms with Crippen LogP contribution in [0.5, 0.6) is 0 Å². The van der Waals surface area contributed by atoms with E-state index in [2.05, 4.69) is 0 Å². The van der Waals surface area contributed by atoms with Crippen LogP contribution in [0.2, 0.25) is 0 Å². The molecule has 0 saturated heterocycles.